The Morgan fingerprint density at radius 1 is 1.04 bits per heavy atom. The number of hydrogen-bond donors (Lipinski definition) is 1. The molecule has 144 valence electrons. The van der Waals surface area contributed by atoms with Gasteiger partial charge in [-0.3, -0.25) is 9.69 Å². The highest BCUT2D eigenvalue weighted by molar-refractivity contribution is 5.94. The minimum atomic E-state index is -0.341. The van der Waals surface area contributed by atoms with Crippen molar-refractivity contribution in [1.29, 1.82) is 0 Å². The zero-order valence-electron chi connectivity index (χ0n) is 15.8. The molecule has 1 amide bonds. The van der Waals surface area contributed by atoms with Crippen LogP contribution in [-0.2, 0) is 0 Å². The average molecular weight is 370 g/mol. The quantitative estimate of drug-likeness (QED) is 0.829. The summed E-state index contributed by atoms with van der Waals surface area (Å²) in [6.45, 7) is 2.58. The Morgan fingerprint density at radius 2 is 1.67 bits per heavy atom. The van der Waals surface area contributed by atoms with Crippen LogP contribution in [0.25, 0.3) is 0 Å². The summed E-state index contributed by atoms with van der Waals surface area (Å²) in [6, 6.07) is 13.8. The first-order chi connectivity index (χ1) is 13.2. The van der Waals surface area contributed by atoms with Crippen LogP contribution in [0, 0.1) is 5.82 Å². The minimum Gasteiger partial charge on any atom is -0.497 e. The second kappa shape index (κ2) is 9.51. The molecule has 0 aromatic heterocycles. The second-order valence-electron chi connectivity index (χ2n) is 6.96. The van der Waals surface area contributed by atoms with Crippen LogP contribution in [0.15, 0.2) is 48.5 Å². The Balaban J connectivity index is 1.73. The maximum atomic E-state index is 13.1. The molecule has 0 saturated carbocycles. The van der Waals surface area contributed by atoms with Crippen LogP contribution >= 0.6 is 0 Å². The van der Waals surface area contributed by atoms with E-state index in [2.05, 4.69) is 22.3 Å². The molecule has 1 saturated heterocycles. The number of nitrogens with zero attached hydrogens (tertiary/aromatic N) is 1. The number of ether oxygens (including phenoxy) is 1. The van der Waals surface area contributed by atoms with Gasteiger partial charge in [-0.25, -0.2) is 4.39 Å². The second-order valence-corrected chi connectivity index (χ2v) is 6.96. The monoisotopic (exact) mass is 370 g/mol. The number of rotatable bonds is 6. The molecule has 0 aliphatic carbocycles. The van der Waals surface area contributed by atoms with Gasteiger partial charge in [-0.1, -0.05) is 25.0 Å². The van der Waals surface area contributed by atoms with Gasteiger partial charge in [0.25, 0.3) is 5.91 Å². The highest BCUT2D eigenvalue weighted by Crippen LogP contribution is 2.25. The van der Waals surface area contributed by atoms with Crippen molar-refractivity contribution in [3.8, 4) is 5.75 Å². The lowest BCUT2D eigenvalue weighted by Crippen LogP contribution is -2.38. The fourth-order valence-corrected chi connectivity index (χ4v) is 3.58. The van der Waals surface area contributed by atoms with Gasteiger partial charge < -0.3 is 10.1 Å². The van der Waals surface area contributed by atoms with Gasteiger partial charge in [-0.2, -0.15) is 0 Å². The van der Waals surface area contributed by atoms with E-state index in [4.69, 9.17) is 4.74 Å². The molecule has 0 spiro atoms. The number of carbonyl (C=O) groups is 1. The third kappa shape index (κ3) is 5.30. The summed E-state index contributed by atoms with van der Waals surface area (Å²) in [6.07, 6.45) is 4.87. The number of halogens is 1. The van der Waals surface area contributed by atoms with Crippen molar-refractivity contribution in [3.05, 3.63) is 65.5 Å². The van der Waals surface area contributed by atoms with E-state index in [-0.39, 0.29) is 17.8 Å². The SMILES string of the molecule is COc1ccc([C@@H](CNC(=O)c2ccc(F)cc2)N2CCCCCC2)cc1. The van der Waals surface area contributed by atoms with Crippen molar-refractivity contribution in [3.63, 3.8) is 0 Å². The van der Waals surface area contributed by atoms with Gasteiger partial charge in [0.2, 0.25) is 0 Å². The largest absolute Gasteiger partial charge is 0.497 e. The van der Waals surface area contributed by atoms with E-state index in [1.54, 1.807) is 7.11 Å². The highest BCUT2D eigenvalue weighted by Gasteiger charge is 2.22. The Kier molecular flexibility index (Phi) is 6.82. The van der Waals surface area contributed by atoms with Crippen LogP contribution in [0.2, 0.25) is 0 Å². The summed E-state index contributed by atoms with van der Waals surface area (Å²) in [5.41, 5.74) is 1.64. The average Bonchev–Trinajstić information content (AvgIpc) is 2.98. The first-order valence-corrected chi connectivity index (χ1v) is 9.59. The molecular formula is C22H27FN2O2. The van der Waals surface area contributed by atoms with E-state index in [9.17, 15) is 9.18 Å². The third-order valence-corrected chi connectivity index (χ3v) is 5.14. The van der Waals surface area contributed by atoms with E-state index < -0.39 is 0 Å². The zero-order chi connectivity index (χ0) is 19.1. The predicted octanol–water partition coefficient (Wildman–Crippen LogP) is 4.18. The lowest BCUT2D eigenvalue weighted by atomic mass is 10.0. The molecule has 3 rings (SSSR count). The van der Waals surface area contributed by atoms with Crippen LogP contribution in [-0.4, -0.2) is 37.6 Å². The predicted molar refractivity (Wildman–Crippen MR) is 105 cm³/mol. The maximum absolute atomic E-state index is 13.1. The summed E-state index contributed by atoms with van der Waals surface area (Å²) in [7, 11) is 1.66. The normalized spacial score (nSPS) is 16.4. The smallest absolute Gasteiger partial charge is 0.251 e. The third-order valence-electron chi connectivity index (χ3n) is 5.14. The molecule has 2 aromatic rings. The molecule has 4 nitrogen and oxygen atoms in total. The first kappa shape index (κ1) is 19.4. The number of amides is 1. The molecule has 0 radical (unpaired) electrons. The Labute approximate surface area is 160 Å². The Morgan fingerprint density at radius 3 is 2.26 bits per heavy atom. The van der Waals surface area contributed by atoms with Gasteiger partial charge in [0, 0.05) is 12.1 Å². The van der Waals surface area contributed by atoms with Crippen molar-refractivity contribution < 1.29 is 13.9 Å². The van der Waals surface area contributed by atoms with Crippen molar-refractivity contribution in [2.24, 2.45) is 0 Å². The lowest BCUT2D eigenvalue weighted by molar-refractivity contribution is 0.0933. The van der Waals surface area contributed by atoms with Crippen molar-refractivity contribution in [1.82, 2.24) is 10.2 Å². The minimum absolute atomic E-state index is 0.110. The molecule has 1 N–H and O–H groups in total. The number of likely N-dealkylation sites (tertiary alicyclic amines) is 1. The summed E-state index contributed by atoms with van der Waals surface area (Å²) < 4.78 is 18.3. The fraction of sp³-hybridized carbons (Fsp3) is 0.409. The summed E-state index contributed by atoms with van der Waals surface area (Å²) in [5.74, 6) is 0.305. The molecule has 5 heteroatoms. The van der Waals surface area contributed by atoms with Crippen LogP contribution in [0.5, 0.6) is 5.75 Å². The van der Waals surface area contributed by atoms with Gasteiger partial charge in [-0.15, -0.1) is 0 Å². The van der Waals surface area contributed by atoms with E-state index in [1.807, 2.05) is 12.1 Å². The van der Waals surface area contributed by atoms with Gasteiger partial charge >= 0.3 is 0 Å². The van der Waals surface area contributed by atoms with Crippen molar-refractivity contribution in [2.75, 3.05) is 26.7 Å². The van der Waals surface area contributed by atoms with E-state index in [0.717, 1.165) is 24.4 Å². The lowest BCUT2D eigenvalue weighted by Gasteiger charge is -2.31. The van der Waals surface area contributed by atoms with Gasteiger partial charge in [0.05, 0.1) is 13.2 Å². The molecular weight excluding hydrogens is 343 g/mol. The van der Waals surface area contributed by atoms with E-state index in [1.165, 1.54) is 49.9 Å². The molecule has 1 aliphatic heterocycles. The topological polar surface area (TPSA) is 41.6 Å². The summed E-state index contributed by atoms with van der Waals surface area (Å²) >= 11 is 0. The maximum Gasteiger partial charge on any atom is 0.251 e. The Hall–Kier alpha value is -2.40. The number of nitrogens with one attached hydrogen (secondary N) is 1. The van der Waals surface area contributed by atoms with Crippen LogP contribution < -0.4 is 10.1 Å². The van der Waals surface area contributed by atoms with E-state index >= 15 is 0 Å². The van der Waals surface area contributed by atoms with Gasteiger partial charge in [0.15, 0.2) is 0 Å². The standard InChI is InChI=1S/C22H27FN2O2/c1-27-20-12-8-17(9-13-20)21(25-14-4-2-3-5-15-25)16-24-22(26)18-6-10-19(23)11-7-18/h6-13,21H,2-5,14-16H2,1H3,(H,24,26)/t21-/m1/s1. The summed E-state index contributed by atoms with van der Waals surface area (Å²) in [4.78, 5) is 14.9. The Bertz CT molecular complexity index is 723. The highest BCUT2D eigenvalue weighted by atomic mass is 19.1. The number of methoxy groups -OCH3 is 1. The molecule has 1 fully saturated rings. The molecule has 0 unspecified atom stereocenters. The van der Waals surface area contributed by atoms with Gasteiger partial charge in [0.1, 0.15) is 11.6 Å². The van der Waals surface area contributed by atoms with Crippen LogP contribution in [0.3, 0.4) is 0 Å². The molecule has 0 bridgehead atoms. The first-order valence-electron chi connectivity index (χ1n) is 9.59. The zero-order valence-corrected chi connectivity index (χ0v) is 15.8. The van der Waals surface area contributed by atoms with E-state index in [0.29, 0.717) is 12.1 Å². The molecule has 1 heterocycles. The number of hydrogen-bond acceptors (Lipinski definition) is 3. The number of carbonyl (C=O) groups excluding carboxylic acids is 1. The van der Waals surface area contributed by atoms with Crippen molar-refractivity contribution in [2.45, 2.75) is 31.7 Å². The molecule has 27 heavy (non-hydrogen) atoms. The van der Waals surface area contributed by atoms with Crippen LogP contribution in [0.1, 0.15) is 47.6 Å². The summed E-state index contributed by atoms with van der Waals surface area (Å²) in [5, 5.41) is 3.03. The molecule has 1 atom stereocenters. The molecule has 1 aliphatic rings. The fourth-order valence-electron chi connectivity index (χ4n) is 3.58. The number of benzene rings is 2. The van der Waals surface area contributed by atoms with Gasteiger partial charge in [-0.05, 0) is 67.9 Å². The van der Waals surface area contributed by atoms with Crippen molar-refractivity contribution >= 4 is 5.91 Å². The molecule has 2 aromatic carbocycles. The van der Waals surface area contributed by atoms with Crippen LogP contribution in [0.4, 0.5) is 4.39 Å².